The average Bonchev–Trinajstić information content (AvgIpc) is 2.60. The molecule has 0 bridgehead atoms. The number of amides is 1. The van der Waals surface area contributed by atoms with Crippen LogP contribution in [0.3, 0.4) is 0 Å². The first-order valence-electron chi connectivity index (χ1n) is 8.43. The Bertz CT molecular complexity index is 868. The van der Waals surface area contributed by atoms with Gasteiger partial charge in [-0.25, -0.2) is 13.6 Å². The maximum absolute atomic E-state index is 11.9. The second kappa shape index (κ2) is 8.78. The lowest BCUT2D eigenvalue weighted by Gasteiger charge is -2.05. The lowest BCUT2D eigenvalue weighted by molar-refractivity contribution is -0.116. The molecule has 138 valence electrons. The lowest BCUT2D eigenvalue weighted by Crippen LogP contribution is -2.23. The van der Waals surface area contributed by atoms with Crippen LogP contribution in [0.1, 0.15) is 36.5 Å². The van der Waals surface area contributed by atoms with Crippen LogP contribution < -0.4 is 10.5 Å². The van der Waals surface area contributed by atoms with Crippen molar-refractivity contribution in [3.05, 3.63) is 71.3 Å². The standard InChI is InChI=1S/C20H24N2O3S/c1-15(2)18-8-3-16(4-9-18)7-12-20(23)22-14-13-17-5-10-19(11-6-17)26(21,24)25/h3-12,15H,13-14H2,1-2H3,(H,22,23)(H2,21,24,25). The molecule has 0 radical (unpaired) electrons. The first kappa shape index (κ1) is 19.9. The largest absolute Gasteiger partial charge is 0.352 e. The van der Waals surface area contributed by atoms with Crippen molar-refractivity contribution in [2.24, 2.45) is 5.14 Å². The Hall–Kier alpha value is -2.44. The lowest BCUT2D eigenvalue weighted by atomic mass is 10.0. The molecule has 2 aromatic rings. The van der Waals surface area contributed by atoms with Crippen molar-refractivity contribution < 1.29 is 13.2 Å². The van der Waals surface area contributed by atoms with Gasteiger partial charge in [-0.15, -0.1) is 0 Å². The molecule has 0 aliphatic rings. The zero-order valence-electron chi connectivity index (χ0n) is 15.0. The van der Waals surface area contributed by atoms with Crippen LogP contribution in [-0.2, 0) is 21.2 Å². The molecule has 0 heterocycles. The minimum absolute atomic E-state index is 0.0803. The van der Waals surface area contributed by atoms with Crippen molar-refractivity contribution in [3.63, 3.8) is 0 Å². The number of carbonyl (C=O) groups excluding carboxylic acids is 1. The summed E-state index contributed by atoms with van der Waals surface area (Å²) in [5, 5.41) is 7.87. The highest BCUT2D eigenvalue weighted by Crippen LogP contribution is 2.15. The van der Waals surface area contributed by atoms with Crippen molar-refractivity contribution >= 4 is 22.0 Å². The summed E-state index contributed by atoms with van der Waals surface area (Å²) >= 11 is 0. The van der Waals surface area contributed by atoms with E-state index in [4.69, 9.17) is 5.14 Å². The number of rotatable bonds is 7. The number of nitrogens with one attached hydrogen (secondary N) is 1. The molecule has 2 rings (SSSR count). The molecule has 0 saturated carbocycles. The third-order valence-corrected chi connectivity index (χ3v) is 4.92. The summed E-state index contributed by atoms with van der Waals surface area (Å²) in [7, 11) is -3.67. The molecule has 0 saturated heterocycles. The third kappa shape index (κ3) is 6.13. The maximum atomic E-state index is 11.9. The average molecular weight is 372 g/mol. The van der Waals surface area contributed by atoms with E-state index in [9.17, 15) is 13.2 Å². The van der Waals surface area contributed by atoms with E-state index >= 15 is 0 Å². The summed E-state index contributed by atoms with van der Waals surface area (Å²) in [4.78, 5) is 12.0. The molecular weight excluding hydrogens is 348 g/mol. The third-order valence-electron chi connectivity index (χ3n) is 4.00. The van der Waals surface area contributed by atoms with Gasteiger partial charge in [0.2, 0.25) is 15.9 Å². The van der Waals surface area contributed by atoms with E-state index in [1.807, 2.05) is 12.1 Å². The number of hydrogen-bond donors (Lipinski definition) is 2. The molecule has 1 amide bonds. The fourth-order valence-corrected chi connectivity index (χ4v) is 2.91. The summed E-state index contributed by atoms with van der Waals surface area (Å²) in [5.74, 6) is 0.314. The van der Waals surface area contributed by atoms with Crippen LogP contribution in [0.15, 0.2) is 59.5 Å². The Labute approximate surface area is 155 Å². The SMILES string of the molecule is CC(C)c1ccc(C=CC(=O)NCCc2ccc(S(N)(=O)=O)cc2)cc1. The summed E-state index contributed by atoms with van der Waals surface area (Å²) < 4.78 is 22.4. The molecule has 5 nitrogen and oxygen atoms in total. The Balaban J connectivity index is 1.81. The number of hydrogen-bond acceptors (Lipinski definition) is 3. The van der Waals surface area contributed by atoms with Gasteiger partial charge in [0.1, 0.15) is 0 Å². The molecule has 0 aromatic heterocycles. The van der Waals surface area contributed by atoms with Crippen LogP contribution in [0.25, 0.3) is 6.08 Å². The van der Waals surface area contributed by atoms with Gasteiger partial charge in [-0.3, -0.25) is 4.79 Å². The summed E-state index contributed by atoms with van der Waals surface area (Å²) in [6, 6.07) is 14.4. The molecule has 2 aromatic carbocycles. The monoisotopic (exact) mass is 372 g/mol. The topological polar surface area (TPSA) is 89.3 Å². The second-order valence-corrected chi connectivity index (χ2v) is 7.95. The summed E-state index contributed by atoms with van der Waals surface area (Å²) in [6.07, 6.45) is 3.89. The van der Waals surface area contributed by atoms with Crippen LogP contribution in [0.2, 0.25) is 0 Å². The van der Waals surface area contributed by atoms with E-state index in [1.165, 1.54) is 23.8 Å². The Kier molecular flexibility index (Phi) is 6.71. The van der Waals surface area contributed by atoms with Crippen LogP contribution in [0.4, 0.5) is 0 Å². The molecule has 0 unspecified atom stereocenters. The van der Waals surface area contributed by atoms with Gasteiger partial charge < -0.3 is 5.32 Å². The number of primary sulfonamides is 1. The van der Waals surface area contributed by atoms with Gasteiger partial charge in [-0.05, 0) is 47.2 Å². The first-order valence-corrected chi connectivity index (χ1v) is 9.98. The van der Waals surface area contributed by atoms with Crippen molar-refractivity contribution in [2.45, 2.75) is 31.1 Å². The molecule has 0 atom stereocenters. The number of benzene rings is 2. The molecule has 6 heteroatoms. The number of sulfonamides is 1. The van der Waals surface area contributed by atoms with Gasteiger partial charge in [0.05, 0.1) is 4.90 Å². The van der Waals surface area contributed by atoms with Crippen LogP contribution in [0, 0.1) is 0 Å². The van der Waals surface area contributed by atoms with E-state index in [-0.39, 0.29) is 10.8 Å². The minimum Gasteiger partial charge on any atom is -0.352 e. The summed E-state index contributed by atoms with van der Waals surface area (Å²) in [6.45, 7) is 4.74. The highest BCUT2D eigenvalue weighted by molar-refractivity contribution is 7.89. The van der Waals surface area contributed by atoms with Crippen LogP contribution >= 0.6 is 0 Å². The molecule has 0 aliphatic carbocycles. The van der Waals surface area contributed by atoms with Gasteiger partial charge in [0.25, 0.3) is 0 Å². The Morgan fingerprint density at radius 2 is 1.69 bits per heavy atom. The summed E-state index contributed by atoms with van der Waals surface area (Å²) in [5.41, 5.74) is 3.16. The normalized spacial score (nSPS) is 11.8. The fourth-order valence-electron chi connectivity index (χ4n) is 2.40. The Morgan fingerprint density at radius 3 is 2.23 bits per heavy atom. The van der Waals surface area contributed by atoms with Gasteiger partial charge in [0.15, 0.2) is 0 Å². The van der Waals surface area contributed by atoms with Crippen molar-refractivity contribution in [3.8, 4) is 0 Å². The predicted octanol–water partition coefficient (Wildman–Crippen LogP) is 2.83. The van der Waals surface area contributed by atoms with Crippen LogP contribution in [0.5, 0.6) is 0 Å². The van der Waals surface area contributed by atoms with Gasteiger partial charge in [0, 0.05) is 12.6 Å². The van der Waals surface area contributed by atoms with E-state index in [0.29, 0.717) is 18.9 Å². The molecular formula is C20H24N2O3S. The zero-order chi connectivity index (χ0) is 19.2. The Morgan fingerprint density at radius 1 is 1.08 bits per heavy atom. The highest BCUT2D eigenvalue weighted by Gasteiger charge is 2.06. The van der Waals surface area contributed by atoms with Gasteiger partial charge in [-0.2, -0.15) is 0 Å². The molecule has 0 aliphatic heterocycles. The minimum atomic E-state index is -3.67. The molecule has 0 fully saturated rings. The molecule has 3 N–H and O–H groups in total. The van der Waals surface area contributed by atoms with Crippen molar-refractivity contribution in [1.82, 2.24) is 5.32 Å². The van der Waals surface area contributed by atoms with Crippen LogP contribution in [-0.4, -0.2) is 20.9 Å². The highest BCUT2D eigenvalue weighted by atomic mass is 32.2. The van der Waals surface area contributed by atoms with Crippen molar-refractivity contribution in [1.29, 1.82) is 0 Å². The van der Waals surface area contributed by atoms with Gasteiger partial charge >= 0.3 is 0 Å². The smallest absolute Gasteiger partial charge is 0.244 e. The molecule has 26 heavy (non-hydrogen) atoms. The van der Waals surface area contributed by atoms with E-state index in [2.05, 4.69) is 31.3 Å². The number of carbonyl (C=O) groups is 1. The number of nitrogens with two attached hydrogens (primary N) is 1. The second-order valence-electron chi connectivity index (χ2n) is 6.38. The quantitative estimate of drug-likeness (QED) is 0.733. The predicted molar refractivity (Wildman–Crippen MR) is 104 cm³/mol. The van der Waals surface area contributed by atoms with E-state index in [1.54, 1.807) is 18.2 Å². The van der Waals surface area contributed by atoms with E-state index < -0.39 is 10.0 Å². The fraction of sp³-hybridized carbons (Fsp3) is 0.250. The zero-order valence-corrected chi connectivity index (χ0v) is 15.8. The van der Waals surface area contributed by atoms with Crippen molar-refractivity contribution in [2.75, 3.05) is 6.54 Å². The first-order chi connectivity index (χ1) is 12.3. The van der Waals surface area contributed by atoms with Gasteiger partial charge in [-0.1, -0.05) is 50.2 Å². The van der Waals surface area contributed by atoms with E-state index in [0.717, 1.165) is 11.1 Å². The molecule has 0 spiro atoms. The maximum Gasteiger partial charge on any atom is 0.244 e.